The van der Waals surface area contributed by atoms with E-state index < -0.39 is 22.7 Å². The topological polar surface area (TPSA) is 72.2 Å². The minimum absolute atomic E-state index is 0.0473. The average Bonchev–Trinajstić information content (AvgIpc) is 2.91. The number of nitrogens with zero attached hydrogens (tertiary/aromatic N) is 1. The van der Waals surface area contributed by atoms with Gasteiger partial charge in [0.15, 0.2) is 0 Å². The Morgan fingerprint density at radius 1 is 1.32 bits per heavy atom. The first-order valence-corrected chi connectivity index (χ1v) is 8.49. The molecule has 1 atom stereocenters. The first-order chi connectivity index (χ1) is 11.9. The van der Waals surface area contributed by atoms with Crippen molar-refractivity contribution in [2.24, 2.45) is 0 Å². The third-order valence-corrected chi connectivity index (χ3v) is 5.38. The molecule has 0 fully saturated rings. The third-order valence-electron chi connectivity index (χ3n) is 3.73. The second-order valence-corrected chi connectivity index (χ2v) is 6.86. The quantitative estimate of drug-likeness (QED) is 0.507. The van der Waals surface area contributed by atoms with E-state index in [0.29, 0.717) is 15.6 Å². The molecule has 25 heavy (non-hydrogen) atoms. The number of benzene rings is 2. The summed E-state index contributed by atoms with van der Waals surface area (Å²) in [6, 6.07) is 9.74. The van der Waals surface area contributed by atoms with E-state index in [4.69, 9.17) is 11.6 Å². The maximum atomic E-state index is 13.3. The van der Waals surface area contributed by atoms with Gasteiger partial charge >= 0.3 is 0 Å². The zero-order valence-corrected chi connectivity index (χ0v) is 14.5. The Hall–Kier alpha value is -2.51. The standard InChI is InChI=1S/C17H12ClFN2O3S/c1-9(10-3-2-4-12(7-10)21(23)24)20-17(22)16-15(18)13-6-5-11(19)8-14(13)25-16/h2-9H,1H3,(H,20,22). The zero-order valence-electron chi connectivity index (χ0n) is 13.0. The van der Waals surface area contributed by atoms with Crippen LogP contribution >= 0.6 is 22.9 Å². The number of hydrogen-bond donors (Lipinski definition) is 1. The number of rotatable bonds is 4. The van der Waals surface area contributed by atoms with Gasteiger partial charge in [0.1, 0.15) is 10.7 Å². The average molecular weight is 379 g/mol. The summed E-state index contributed by atoms with van der Waals surface area (Å²) in [5.74, 6) is -0.812. The monoisotopic (exact) mass is 378 g/mol. The van der Waals surface area contributed by atoms with Crippen molar-refractivity contribution in [2.45, 2.75) is 13.0 Å². The Bertz CT molecular complexity index is 989. The molecule has 5 nitrogen and oxygen atoms in total. The number of thiophene rings is 1. The van der Waals surface area contributed by atoms with Crippen LogP contribution in [0.15, 0.2) is 42.5 Å². The summed E-state index contributed by atoms with van der Waals surface area (Å²) in [6.07, 6.45) is 0. The first-order valence-electron chi connectivity index (χ1n) is 7.29. The van der Waals surface area contributed by atoms with Crippen molar-refractivity contribution in [3.63, 3.8) is 0 Å². The highest BCUT2D eigenvalue weighted by atomic mass is 35.5. The predicted octanol–water partition coefficient (Wildman–Crippen LogP) is 5.09. The number of non-ortho nitro benzene ring substituents is 1. The Morgan fingerprint density at radius 2 is 2.08 bits per heavy atom. The highest BCUT2D eigenvalue weighted by Crippen LogP contribution is 2.36. The van der Waals surface area contributed by atoms with Gasteiger partial charge in [-0.25, -0.2) is 4.39 Å². The van der Waals surface area contributed by atoms with Crippen LogP contribution in [0.3, 0.4) is 0 Å². The van der Waals surface area contributed by atoms with Gasteiger partial charge in [0.2, 0.25) is 0 Å². The number of nitrogens with one attached hydrogen (secondary N) is 1. The molecule has 0 radical (unpaired) electrons. The lowest BCUT2D eigenvalue weighted by Crippen LogP contribution is -2.26. The molecule has 0 aliphatic heterocycles. The van der Waals surface area contributed by atoms with Crippen LogP contribution in [0.5, 0.6) is 0 Å². The number of carbonyl (C=O) groups excluding carboxylic acids is 1. The van der Waals surface area contributed by atoms with Crippen LogP contribution in [0, 0.1) is 15.9 Å². The lowest BCUT2D eigenvalue weighted by Gasteiger charge is -2.13. The van der Waals surface area contributed by atoms with Gasteiger partial charge in [0.25, 0.3) is 11.6 Å². The third kappa shape index (κ3) is 3.47. The molecule has 1 N–H and O–H groups in total. The Morgan fingerprint density at radius 3 is 2.80 bits per heavy atom. The van der Waals surface area contributed by atoms with Gasteiger partial charge in [-0.15, -0.1) is 11.3 Å². The summed E-state index contributed by atoms with van der Waals surface area (Å²) in [6.45, 7) is 1.72. The van der Waals surface area contributed by atoms with Gasteiger partial charge in [0.05, 0.1) is 16.0 Å². The Labute approximate surface area is 151 Å². The molecule has 8 heteroatoms. The molecule has 0 spiro atoms. The largest absolute Gasteiger partial charge is 0.345 e. The van der Waals surface area contributed by atoms with E-state index >= 15 is 0 Å². The molecule has 1 heterocycles. The van der Waals surface area contributed by atoms with Crippen LogP contribution in [0.2, 0.25) is 5.02 Å². The zero-order chi connectivity index (χ0) is 18.1. The summed E-state index contributed by atoms with van der Waals surface area (Å²) in [5.41, 5.74) is 0.555. The summed E-state index contributed by atoms with van der Waals surface area (Å²) >= 11 is 7.34. The van der Waals surface area contributed by atoms with Crippen molar-refractivity contribution >= 4 is 44.6 Å². The van der Waals surface area contributed by atoms with Crippen LogP contribution in [0.25, 0.3) is 10.1 Å². The molecular weight excluding hydrogens is 367 g/mol. The van der Waals surface area contributed by atoms with Crippen LogP contribution in [0.1, 0.15) is 28.2 Å². The SMILES string of the molecule is CC(NC(=O)c1sc2cc(F)ccc2c1Cl)c1cccc([N+](=O)[O-])c1. The van der Waals surface area contributed by atoms with Crippen molar-refractivity contribution in [1.82, 2.24) is 5.32 Å². The van der Waals surface area contributed by atoms with Gasteiger partial charge in [-0.05, 0) is 30.7 Å². The van der Waals surface area contributed by atoms with Crippen molar-refractivity contribution in [3.05, 3.63) is 73.9 Å². The molecule has 0 saturated carbocycles. The first kappa shape index (κ1) is 17.3. The number of carbonyl (C=O) groups is 1. The van der Waals surface area contributed by atoms with Crippen LogP contribution in [0.4, 0.5) is 10.1 Å². The van der Waals surface area contributed by atoms with Crippen molar-refractivity contribution < 1.29 is 14.1 Å². The van der Waals surface area contributed by atoms with E-state index in [1.807, 2.05) is 0 Å². The van der Waals surface area contributed by atoms with Gasteiger partial charge in [-0.3, -0.25) is 14.9 Å². The minimum atomic E-state index is -0.491. The van der Waals surface area contributed by atoms with E-state index in [9.17, 15) is 19.3 Å². The van der Waals surface area contributed by atoms with Crippen LogP contribution < -0.4 is 5.32 Å². The van der Waals surface area contributed by atoms with E-state index in [1.165, 1.54) is 30.3 Å². The predicted molar refractivity (Wildman–Crippen MR) is 95.8 cm³/mol. The molecule has 0 saturated heterocycles. The number of halogens is 2. The molecule has 1 amide bonds. The molecule has 128 valence electrons. The van der Waals surface area contributed by atoms with Gasteiger partial charge in [-0.1, -0.05) is 23.7 Å². The van der Waals surface area contributed by atoms with Gasteiger partial charge in [-0.2, -0.15) is 0 Å². The smallest absolute Gasteiger partial charge is 0.269 e. The van der Waals surface area contributed by atoms with Crippen molar-refractivity contribution in [1.29, 1.82) is 0 Å². The molecule has 1 aromatic heterocycles. The normalized spacial score (nSPS) is 12.1. The summed E-state index contributed by atoms with van der Waals surface area (Å²) < 4.78 is 13.9. The summed E-state index contributed by atoms with van der Waals surface area (Å²) in [5, 5.41) is 14.5. The van der Waals surface area contributed by atoms with E-state index in [2.05, 4.69) is 5.32 Å². The molecule has 1 unspecified atom stereocenters. The molecule has 3 aromatic rings. The van der Waals surface area contributed by atoms with E-state index in [-0.39, 0.29) is 15.6 Å². The van der Waals surface area contributed by atoms with Crippen LogP contribution in [-0.2, 0) is 0 Å². The highest BCUT2D eigenvalue weighted by Gasteiger charge is 2.20. The summed E-state index contributed by atoms with van der Waals surface area (Å²) in [7, 11) is 0. The van der Waals surface area contributed by atoms with E-state index in [1.54, 1.807) is 19.1 Å². The second kappa shape index (κ2) is 6.78. The fourth-order valence-electron chi connectivity index (χ4n) is 2.44. The number of hydrogen-bond acceptors (Lipinski definition) is 4. The Balaban J connectivity index is 1.86. The fourth-order valence-corrected chi connectivity index (χ4v) is 3.88. The van der Waals surface area contributed by atoms with Gasteiger partial charge < -0.3 is 5.32 Å². The molecular formula is C17H12ClFN2O3S. The number of nitro groups is 1. The number of nitro benzene ring substituents is 1. The lowest BCUT2D eigenvalue weighted by atomic mass is 10.1. The Kier molecular flexibility index (Phi) is 4.69. The van der Waals surface area contributed by atoms with Gasteiger partial charge in [0, 0.05) is 22.2 Å². The maximum Gasteiger partial charge on any atom is 0.269 e. The number of amides is 1. The molecule has 0 aliphatic rings. The summed E-state index contributed by atoms with van der Waals surface area (Å²) in [4.78, 5) is 23.2. The molecule has 0 bridgehead atoms. The second-order valence-electron chi connectivity index (χ2n) is 5.43. The number of fused-ring (bicyclic) bond motifs is 1. The fraction of sp³-hybridized carbons (Fsp3) is 0.118. The van der Waals surface area contributed by atoms with Crippen molar-refractivity contribution in [3.8, 4) is 0 Å². The highest BCUT2D eigenvalue weighted by molar-refractivity contribution is 7.21. The van der Waals surface area contributed by atoms with Crippen molar-refractivity contribution in [2.75, 3.05) is 0 Å². The molecule has 3 rings (SSSR count). The maximum absolute atomic E-state index is 13.3. The van der Waals surface area contributed by atoms with Crippen LogP contribution in [-0.4, -0.2) is 10.8 Å². The molecule has 0 aliphatic carbocycles. The molecule has 2 aromatic carbocycles. The lowest BCUT2D eigenvalue weighted by molar-refractivity contribution is -0.384. The van der Waals surface area contributed by atoms with E-state index in [0.717, 1.165) is 11.3 Å². The minimum Gasteiger partial charge on any atom is -0.345 e.